The minimum Gasteiger partial charge on any atom is -0.338 e. The standard InChI is InChI=1S/C20H15ClFN3O3S2/c21-16-10-18-13(9-17(16)22)5-7-25(18)11-19(26)24-14-1-3-15(4-2-14)30(27,28)12-20-23-6-8-29-20/h1-10H,11-12H2,(H,24,26). The topological polar surface area (TPSA) is 81.1 Å². The first-order valence-corrected chi connectivity index (χ1v) is 11.7. The number of rotatable bonds is 6. The number of halogens is 2. The van der Waals surface area contributed by atoms with Crippen LogP contribution in [0.3, 0.4) is 0 Å². The van der Waals surface area contributed by atoms with Crippen LogP contribution in [-0.2, 0) is 26.9 Å². The molecule has 154 valence electrons. The zero-order valence-electron chi connectivity index (χ0n) is 15.4. The molecule has 0 aliphatic rings. The normalized spacial score (nSPS) is 11.7. The van der Waals surface area contributed by atoms with Crippen LogP contribution in [0.1, 0.15) is 5.01 Å². The van der Waals surface area contributed by atoms with Crippen molar-refractivity contribution >= 4 is 55.3 Å². The highest BCUT2D eigenvalue weighted by Crippen LogP contribution is 2.24. The lowest BCUT2D eigenvalue weighted by Gasteiger charge is -2.09. The molecule has 0 bridgehead atoms. The Balaban J connectivity index is 1.45. The quantitative estimate of drug-likeness (QED) is 0.456. The van der Waals surface area contributed by atoms with Gasteiger partial charge >= 0.3 is 0 Å². The van der Waals surface area contributed by atoms with Gasteiger partial charge < -0.3 is 9.88 Å². The van der Waals surface area contributed by atoms with Crippen molar-refractivity contribution in [1.29, 1.82) is 0 Å². The molecular formula is C20H15ClFN3O3S2. The van der Waals surface area contributed by atoms with Crippen molar-refractivity contribution in [2.45, 2.75) is 17.2 Å². The summed E-state index contributed by atoms with van der Waals surface area (Å²) in [6.07, 6.45) is 3.24. The molecule has 0 fully saturated rings. The van der Waals surface area contributed by atoms with Crippen molar-refractivity contribution in [2.24, 2.45) is 0 Å². The van der Waals surface area contributed by atoms with E-state index in [2.05, 4.69) is 10.3 Å². The minimum absolute atomic E-state index is 0.00441. The fraction of sp³-hybridized carbons (Fsp3) is 0.100. The van der Waals surface area contributed by atoms with Gasteiger partial charge in [0.1, 0.15) is 23.1 Å². The van der Waals surface area contributed by atoms with Gasteiger partial charge in [0.15, 0.2) is 9.84 Å². The smallest absolute Gasteiger partial charge is 0.244 e. The first-order chi connectivity index (χ1) is 14.3. The highest BCUT2D eigenvalue weighted by atomic mass is 35.5. The number of hydrogen-bond acceptors (Lipinski definition) is 5. The molecular weight excluding hydrogens is 449 g/mol. The molecule has 4 rings (SSSR count). The van der Waals surface area contributed by atoms with Crippen molar-refractivity contribution in [2.75, 3.05) is 5.32 Å². The molecule has 0 atom stereocenters. The third kappa shape index (κ3) is 4.38. The first-order valence-electron chi connectivity index (χ1n) is 8.77. The summed E-state index contributed by atoms with van der Waals surface area (Å²) in [4.78, 5) is 16.6. The van der Waals surface area contributed by atoms with Crippen molar-refractivity contribution in [1.82, 2.24) is 9.55 Å². The van der Waals surface area contributed by atoms with E-state index in [0.29, 0.717) is 21.6 Å². The van der Waals surface area contributed by atoms with Crippen LogP contribution in [0.25, 0.3) is 10.9 Å². The summed E-state index contributed by atoms with van der Waals surface area (Å²) in [6, 6.07) is 10.5. The average molecular weight is 464 g/mol. The Kier molecular flexibility index (Phi) is 5.59. The Morgan fingerprint density at radius 3 is 2.67 bits per heavy atom. The highest BCUT2D eigenvalue weighted by Gasteiger charge is 2.17. The van der Waals surface area contributed by atoms with E-state index in [4.69, 9.17) is 11.6 Å². The Morgan fingerprint density at radius 1 is 1.20 bits per heavy atom. The van der Waals surface area contributed by atoms with Crippen molar-refractivity contribution in [3.8, 4) is 0 Å². The summed E-state index contributed by atoms with van der Waals surface area (Å²) in [5, 5.41) is 5.59. The van der Waals surface area contributed by atoms with Gasteiger partial charge in [0.25, 0.3) is 0 Å². The molecule has 30 heavy (non-hydrogen) atoms. The van der Waals surface area contributed by atoms with Crippen molar-refractivity contribution in [3.63, 3.8) is 0 Å². The molecule has 1 N–H and O–H groups in total. The molecule has 0 aliphatic carbocycles. The maximum atomic E-state index is 13.6. The van der Waals surface area contributed by atoms with Gasteiger partial charge in [-0.05, 0) is 42.5 Å². The molecule has 1 amide bonds. The van der Waals surface area contributed by atoms with Crippen LogP contribution < -0.4 is 5.32 Å². The zero-order chi connectivity index (χ0) is 21.3. The summed E-state index contributed by atoms with van der Waals surface area (Å²) in [5.74, 6) is -0.997. The lowest BCUT2D eigenvalue weighted by molar-refractivity contribution is -0.116. The predicted octanol–water partition coefficient (Wildman–Crippen LogP) is 4.50. The average Bonchev–Trinajstić information content (AvgIpc) is 3.33. The number of carbonyl (C=O) groups excluding carboxylic acids is 1. The van der Waals surface area contributed by atoms with E-state index in [1.165, 1.54) is 47.7 Å². The number of aromatic nitrogens is 2. The largest absolute Gasteiger partial charge is 0.338 e. The zero-order valence-corrected chi connectivity index (χ0v) is 17.8. The summed E-state index contributed by atoms with van der Waals surface area (Å²) in [7, 11) is -3.51. The van der Waals surface area contributed by atoms with E-state index < -0.39 is 15.7 Å². The number of anilines is 1. The molecule has 0 unspecified atom stereocenters. The number of nitrogens with one attached hydrogen (secondary N) is 1. The molecule has 10 heteroatoms. The highest BCUT2D eigenvalue weighted by molar-refractivity contribution is 7.90. The minimum atomic E-state index is -3.51. The van der Waals surface area contributed by atoms with Gasteiger partial charge in [0.2, 0.25) is 5.91 Å². The van der Waals surface area contributed by atoms with Gasteiger partial charge in [-0.3, -0.25) is 4.79 Å². The molecule has 4 aromatic rings. The van der Waals surface area contributed by atoms with Gasteiger partial charge in [-0.1, -0.05) is 11.6 Å². The van der Waals surface area contributed by atoms with Gasteiger partial charge in [0, 0.05) is 28.8 Å². The summed E-state index contributed by atoms with van der Waals surface area (Å²) in [6.45, 7) is -0.00441. The van der Waals surface area contributed by atoms with Crippen LogP contribution in [0.4, 0.5) is 10.1 Å². The number of hydrogen-bond donors (Lipinski definition) is 1. The van der Waals surface area contributed by atoms with E-state index in [0.717, 1.165) is 0 Å². The fourth-order valence-corrected chi connectivity index (χ4v) is 5.41. The number of fused-ring (bicyclic) bond motifs is 1. The molecule has 0 saturated carbocycles. The van der Waals surface area contributed by atoms with Crippen LogP contribution in [0.15, 0.2) is 65.1 Å². The molecule has 0 aliphatic heterocycles. The molecule has 0 saturated heterocycles. The van der Waals surface area contributed by atoms with Crippen LogP contribution in [0, 0.1) is 5.82 Å². The Morgan fingerprint density at radius 2 is 1.97 bits per heavy atom. The van der Waals surface area contributed by atoms with Gasteiger partial charge in [-0.25, -0.2) is 17.8 Å². The number of amides is 1. The van der Waals surface area contributed by atoms with Crippen LogP contribution in [0.2, 0.25) is 5.02 Å². The second-order valence-electron chi connectivity index (χ2n) is 6.53. The fourth-order valence-electron chi connectivity index (χ4n) is 2.99. The molecule has 0 spiro atoms. The molecule has 2 heterocycles. The monoisotopic (exact) mass is 463 g/mol. The number of thiazole rings is 1. The van der Waals surface area contributed by atoms with Crippen LogP contribution >= 0.6 is 22.9 Å². The third-order valence-corrected chi connectivity index (χ3v) is 7.32. The van der Waals surface area contributed by atoms with E-state index in [-0.39, 0.29) is 28.1 Å². The third-order valence-electron chi connectivity index (χ3n) is 4.42. The lowest BCUT2D eigenvalue weighted by Crippen LogP contribution is -2.18. The molecule has 0 radical (unpaired) electrons. The van der Waals surface area contributed by atoms with Crippen molar-refractivity contribution in [3.05, 3.63) is 76.1 Å². The van der Waals surface area contributed by atoms with Crippen LogP contribution in [-0.4, -0.2) is 23.9 Å². The van der Waals surface area contributed by atoms with E-state index in [1.807, 2.05) is 0 Å². The summed E-state index contributed by atoms with van der Waals surface area (Å²) < 4.78 is 40.1. The second kappa shape index (κ2) is 8.17. The van der Waals surface area contributed by atoms with E-state index in [1.54, 1.807) is 28.4 Å². The van der Waals surface area contributed by atoms with Gasteiger partial charge in [-0.2, -0.15) is 0 Å². The maximum Gasteiger partial charge on any atom is 0.244 e. The predicted molar refractivity (Wildman–Crippen MR) is 115 cm³/mol. The summed E-state index contributed by atoms with van der Waals surface area (Å²) >= 11 is 7.12. The molecule has 6 nitrogen and oxygen atoms in total. The Hall–Kier alpha value is -2.75. The van der Waals surface area contributed by atoms with Gasteiger partial charge in [0.05, 0.1) is 15.4 Å². The van der Waals surface area contributed by atoms with Crippen LogP contribution in [0.5, 0.6) is 0 Å². The number of nitrogens with zero attached hydrogens (tertiary/aromatic N) is 2. The SMILES string of the molecule is O=C(Cn1ccc2cc(F)c(Cl)cc21)Nc1ccc(S(=O)(=O)Cc2nccs2)cc1. The first kappa shape index (κ1) is 20.5. The molecule has 2 aromatic heterocycles. The lowest BCUT2D eigenvalue weighted by atomic mass is 10.2. The number of carbonyl (C=O) groups is 1. The number of benzene rings is 2. The van der Waals surface area contributed by atoms with Crippen molar-refractivity contribution < 1.29 is 17.6 Å². The maximum absolute atomic E-state index is 13.6. The summed E-state index contributed by atoms with van der Waals surface area (Å²) in [5.41, 5.74) is 1.11. The number of sulfone groups is 1. The van der Waals surface area contributed by atoms with E-state index in [9.17, 15) is 17.6 Å². The Labute approximate surface area is 180 Å². The van der Waals surface area contributed by atoms with E-state index >= 15 is 0 Å². The van der Waals surface area contributed by atoms with Gasteiger partial charge in [-0.15, -0.1) is 11.3 Å². The molecule has 2 aromatic carbocycles. The second-order valence-corrected chi connectivity index (χ2v) is 9.90. The Bertz CT molecular complexity index is 1320.